The molecule has 86 valence electrons. The molecular formula is C12H16N2O2. The number of nitrogens with zero attached hydrogens (tertiary/aromatic N) is 1. The normalized spacial score (nSPS) is 18.1. The van der Waals surface area contributed by atoms with Gasteiger partial charge in [-0.3, -0.25) is 4.79 Å². The van der Waals surface area contributed by atoms with Crippen molar-refractivity contribution >= 4 is 11.6 Å². The zero-order valence-corrected chi connectivity index (χ0v) is 9.53. The molecule has 0 atom stereocenters. The van der Waals surface area contributed by atoms with E-state index in [1.165, 1.54) is 0 Å². The third-order valence-corrected chi connectivity index (χ3v) is 2.96. The Kier molecular flexibility index (Phi) is 2.39. The van der Waals surface area contributed by atoms with Crippen molar-refractivity contribution in [3.05, 3.63) is 29.3 Å². The standard InChI is InChI=1S/C12H16N2O2/c1-8-9(4-3-5-10(8)13)11(15)14-6-12(2,16)7-14/h3-5,16H,6-7,13H2,1-2H3. The average Bonchev–Trinajstić information content (AvgIpc) is 2.17. The lowest BCUT2D eigenvalue weighted by molar-refractivity contribution is -0.0669. The molecule has 0 aromatic heterocycles. The molecule has 3 N–H and O–H groups in total. The summed E-state index contributed by atoms with van der Waals surface area (Å²) in [4.78, 5) is 13.7. The Morgan fingerprint density at radius 2 is 2.12 bits per heavy atom. The van der Waals surface area contributed by atoms with E-state index in [1.807, 2.05) is 6.92 Å². The van der Waals surface area contributed by atoms with Crippen LogP contribution in [0.1, 0.15) is 22.8 Å². The Balaban J connectivity index is 2.20. The van der Waals surface area contributed by atoms with E-state index in [1.54, 1.807) is 30.0 Å². The van der Waals surface area contributed by atoms with Gasteiger partial charge < -0.3 is 15.7 Å². The fourth-order valence-corrected chi connectivity index (χ4v) is 1.98. The summed E-state index contributed by atoms with van der Waals surface area (Å²) in [6, 6.07) is 5.31. The van der Waals surface area contributed by atoms with Crippen LogP contribution in [0.25, 0.3) is 0 Å². The first kappa shape index (κ1) is 11.0. The zero-order chi connectivity index (χ0) is 11.9. The lowest BCUT2D eigenvalue weighted by atomic mass is 9.95. The number of anilines is 1. The molecule has 1 heterocycles. The highest BCUT2D eigenvalue weighted by Crippen LogP contribution is 2.24. The van der Waals surface area contributed by atoms with E-state index >= 15 is 0 Å². The molecule has 2 rings (SSSR count). The van der Waals surface area contributed by atoms with Crippen LogP contribution in [0.2, 0.25) is 0 Å². The van der Waals surface area contributed by atoms with Gasteiger partial charge >= 0.3 is 0 Å². The minimum absolute atomic E-state index is 0.0590. The molecule has 0 bridgehead atoms. The molecule has 1 amide bonds. The highest BCUT2D eigenvalue weighted by atomic mass is 16.3. The fraction of sp³-hybridized carbons (Fsp3) is 0.417. The van der Waals surface area contributed by atoms with Crippen LogP contribution < -0.4 is 5.73 Å². The SMILES string of the molecule is Cc1c(N)cccc1C(=O)N1CC(C)(O)C1. The van der Waals surface area contributed by atoms with Gasteiger partial charge in [0.25, 0.3) is 5.91 Å². The third kappa shape index (κ3) is 1.76. The predicted octanol–water partition coefficient (Wildman–Crippen LogP) is 0.784. The lowest BCUT2D eigenvalue weighted by Crippen LogP contribution is -2.61. The number of amides is 1. The second-order valence-electron chi connectivity index (χ2n) is 4.68. The van der Waals surface area contributed by atoms with Gasteiger partial charge in [-0.25, -0.2) is 0 Å². The number of rotatable bonds is 1. The van der Waals surface area contributed by atoms with E-state index in [0.29, 0.717) is 24.3 Å². The molecule has 0 saturated carbocycles. The van der Waals surface area contributed by atoms with Crippen molar-refractivity contribution in [2.75, 3.05) is 18.8 Å². The van der Waals surface area contributed by atoms with Crippen molar-refractivity contribution in [3.63, 3.8) is 0 Å². The molecule has 0 spiro atoms. The van der Waals surface area contributed by atoms with Gasteiger partial charge in [0.05, 0.1) is 18.7 Å². The molecule has 1 fully saturated rings. The van der Waals surface area contributed by atoms with Crippen molar-refractivity contribution in [3.8, 4) is 0 Å². The Bertz CT molecular complexity index is 433. The van der Waals surface area contributed by atoms with E-state index in [2.05, 4.69) is 0 Å². The first-order valence-corrected chi connectivity index (χ1v) is 5.27. The maximum absolute atomic E-state index is 12.0. The number of benzene rings is 1. The Morgan fingerprint density at radius 3 is 2.69 bits per heavy atom. The van der Waals surface area contributed by atoms with Crippen molar-refractivity contribution in [1.29, 1.82) is 0 Å². The lowest BCUT2D eigenvalue weighted by Gasteiger charge is -2.44. The fourth-order valence-electron chi connectivity index (χ4n) is 1.98. The largest absolute Gasteiger partial charge is 0.398 e. The van der Waals surface area contributed by atoms with Gasteiger partial charge in [0.2, 0.25) is 0 Å². The van der Waals surface area contributed by atoms with Crippen molar-refractivity contribution < 1.29 is 9.90 Å². The van der Waals surface area contributed by atoms with Gasteiger partial charge in [0.1, 0.15) is 0 Å². The molecule has 1 saturated heterocycles. The summed E-state index contributed by atoms with van der Waals surface area (Å²) in [5.74, 6) is -0.0590. The van der Waals surface area contributed by atoms with Crippen LogP contribution in [0.15, 0.2) is 18.2 Å². The summed E-state index contributed by atoms with van der Waals surface area (Å²) in [7, 11) is 0. The van der Waals surface area contributed by atoms with Crippen LogP contribution in [0, 0.1) is 6.92 Å². The summed E-state index contributed by atoms with van der Waals surface area (Å²) in [6.45, 7) is 4.34. The van der Waals surface area contributed by atoms with Gasteiger partial charge in [-0.15, -0.1) is 0 Å². The minimum atomic E-state index is -0.732. The number of nitrogen functional groups attached to an aromatic ring is 1. The highest BCUT2D eigenvalue weighted by molar-refractivity contribution is 5.97. The number of nitrogens with two attached hydrogens (primary N) is 1. The topological polar surface area (TPSA) is 66.6 Å². The van der Waals surface area contributed by atoms with E-state index in [9.17, 15) is 9.90 Å². The molecule has 0 radical (unpaired) electrons. The smallest absolute Gasteiger partial charge is 0.254 e. The van der Waals surface area contributed by atoms with E-state index in [4.69, 9.17) is 5.73 Å². The summed E-state index contributed by atoms with van der Waals surface area (Å²) in [5.41, 5.74) is 7.07. The van der Waals surface area contributed by atoms with E-state index < -0.39 is 5.60 Å². The third-order valence-electron chi connectivity index (χ3n) is 2.96. The van der Waals surface area contributed by atoms with E-state index in [0.717, 1.165) is 5.56 Å². The maximum atomic E-state index is 12.0. The summed E-state index contributed by atoms with van der Waals surface area (Å²) < 4.78 is 0. The van der Waals surface area contributed by atoms with Gasteiger partial charge in [0, 0.05) is 11.3 Å². The molecule has 1 aromatic carbocycles. The summed E-state index contributed by atoms with van der Waals surface area (Å²) in [5, 5.41) is 9.58. The van der Waals surface area contributed by atoms with Crippen molar-refractivity contribution in [2.24, 2.45) is 0 Å². The van der Waals surface area contributed by atoms with Crippen LogP contribution in [0.4, 0.5) is 5.69 Å². The molecule has 0 unspecified atom stereocenters. The van der Waals surface area contributed by atoms with Crippen molar-refractivity contribution in [2.45, 2.75) is 19.4 Å². The minimum Gasteiger partial charge on any atom is -0.398 e. The first-order valence-electron chi connectivity index (χ1n) is 5.27. The molecule has 4 nitrogen and oxygen atoms in total. The zero-order valence-electron chi connectivity index (χ0n) is 9.53. The Hall–Kier alpha value is -1.55. The number of hydrogen-bond donors (Lipinski definition) is 2. The van der Waals surface area contributed by atoms with Crippen LogP contribution >= 0.6 is 0 Å². The molecule has 1 aliphatic rings. The molecular weight excluding hydrogens is 204 g/mol. The number of carbonyl (C=O) groups is 1. The number of aliphatic hydroxyl groups is 1. The van der Waals surface area contributed by atoms with Gasteiger partial charge in [-0.05, 0) is 31.5 Å². The summed E-state index contributed by atoms with van der Waals surface area (Å²) in [6.07, 6.45) is 0. The van der Waals surface area contributed by atoms with Gasteiger partial charge in [-0.2, -0.15) is 0 Å². The second kappa shape index (κ2) is 3.49. The highest BCUT2D eigenvalue weighted by Gasteiger charge is 2.39. The van der Waals surface area contributed by atoms with Gasteiger partial charge in [0.15, 0.2) is 0 Å². The Morgan fingerprint density at radius 1 is 1.50 bits per heavy atom. The first-order chi connectivity index (χ1) is 7.41. The molecule has 0 aliphatic carbocycles. The van der Waals surface area contributed by atoms with Crippen LogP contribution in [-0.4, -0.2) is 34.6 Å². The van der Waals surface area contributed by atoms with Crippen molar-refractivity contribution in [1.82, 2.24) is 4.90 Å². The summed E-state index contributed by atoms with van der Waals surface area (Å²) >= 11 is 0. The predicted molar refractivity (Wildman–Crippen MR) is 62.1 cm³/mol. The van der Waals surface area contributed by atoms with Gasteiger partial charge in [-0.1, -0.05) is 6.07 Å². The Labute approximate surface area is 94.7 Å². The molecule has 1 aliphatic heterocycles. The molecule has 1 aromatic rings. The monoisotopic (exact) mass is 220 g/mol. The van der Waals surface area contributed by atoms with Crippen LogP contribution in [0.5, 0.6) is 0 Å². The molecule has 16 heavy (non-hydrogen) atoms. The number of carbonyl (C=O) groups excluding carboxylic acids is 1. The number of β-amino-alcohol motifs (C(OH)–C–C–N with tert-alkyl or cyclic N) is 1. The van der Waals surface area contributed by atoms with E-state index in [-0.39, 0.29) is 5.91 Å². The number of hydrogen-bond acceptors (Lipinski definition) is 3. The molecule has 4 heteroatoms. The van der Waals surface area contributed by atoms with Crippen LogP contribution in [0.3, 0.4) is 0 Å². The number of likely N-dealkylation sites (tertiary alicyclic amines) is 1. The van der Waals surface area contributed by atoms with Crippen LogP contribution in [-0.2, 0) is 0 Å². The second-order valence-corrected chi connectivity index (χ2v) is 4.68. The quantitative estimate of drug-likeness (QED) is 0.687. The average molecular weight is 220 g/mol. The maximum Gasteiger partial charge on any atom is 0.254 e.